The molecule has 6 heteroatoms. The zero-order valence-corrected chi connectivity index (χ0v) is 18.2. The Morgan fingerprint density at radius 2 is 2.00 bits per heavy atom. The van der Waals surface area contributed by atoms with E-state index in [0.29, 0.717) is 12.8 Å². The van der Waals surface area contributed by atoms with E-state index in [9.17, 15) is 19.8 Å². The maximum atomic E-state index is 13.2. The number of fused-ring (bicyclic) bond motifs is 7. The lowest BCUT2D eigenvalue weighted by atomic mass is 9.46. The fourth-order valence-corrected chi connectivity index (χ4v) is 8.04. The molecule has 4 aliphatic carbocycles. The highest BCUT2D eigenvalue weighted by Gasteiger charge is 2.76. The van der Waals surface area contributed by atoms with Crippen LogP contribution in [-0.4, -0.2) is 52.0 Å². The predicted octanol–water partition coefficient (Wildman–Crippen LogP) is 2.33. The average Bonchev–Trinajstić information content (AvgIpc) is 3.07. The van der Waals surface area contributed by atoms with Crippen LogP contribution in [0.15, 0.2) is 23.8 Å². The number of rotatable bonds is 2. The number of aliphatic hydroxyl groups excluding tert-OH is 2. The first-order chi connectivity index (χ1) is 14.0. The van der Waals surface area contributed by atoms with Gasteiger partial charge in [0, 0.05) is 16.7 Å². The lowest BCUT2D eigenvalue weighted by Gasteiger charge is -2.59. The fourth-order valence-electron chi connectivity index (χ4n) is 8.04. The molecule has 0 bridgehead atoms. The van der Waals surface area contributed by atoms with Crippen molar-refractivity contribution in [3.63, 3.8) is 0 Å². The second-order valence-corrected chi connectivity index (χ2v) is 10.9. The van der Waals surface area contributed by atoms with Gasteiger partial charge in [0.15, 0.2) is 23.0 Å². The van der Waals surface area contributed by atoms with Gasteiger partial charge in [-0.3, -0.25) is 9.59 Å². The summed E-state index contributed by atoms with van der Waals surface area (Å²) in [6.45, 7) is 7.19. The van der Waals surface area contributed by atoms with Gasteiger partial charge in [0.05, 0.1) is 12.2 Å². The lowest BCUT2D eigenvalue weighted by molar-refractivity contribution is -0.225. The minimum Gasteiger partial charge on any atom is -0.393 e. The van der Waals surface area contributed by atoms with Crippen LogP contribution in [-0.2, 0) is 19.1 Å². The van der Waals surface area contributed by atoms with E-state index in [-0.39, 0.29) is 34.7 Å². The van der Waals surface area contributed by atoms with Gasteiger partial charge < -0.3 is 19.7 Å². The number of Topliss-reactive ketones (excluding diaryl/α,β-unsaturated/α-hetero) is 1. The Morgan fingerprint density at radius 1 is 1.27 bits per heavy atom. The number of carbonyl (C=O) groups excluding carboxylic acids is 2. The monoisotopic (exact) mass is 416 g/mol. The molecule has 0 spiro atoms. The fraction of sp³-hybridized carbons (Fsp3) is 0.750. The molecule has 8 atom stereocenters. The van der Waals surface area contributed by atoms with Crippen molar-refractivity contribution in [3.05, 3.63) is 23.8 Å². The first-order valence-corrected chi connectivity index (χ1v) is 11.1. The number of allylic oxidation sites excluding steroid dienone is 4. The largest absolute Gasteiger partial charge is 0.393 e. The molecule has 0 aromatic rings. The number of aliphatic hydroxyl groups is 2. The molecule has 3 saturated carbocycles. The van der Waals surface area contributed by atoms with E-state index in [1.165, 1.54) is 0 Å². The topological polar surface area (TPSA) is 93.1 Å². The van der Waals surface area contributed by atoms with Crippen LogP contribution in [0.2, 0.25) is 0 Å². The van der Waals surface area contributed by atoms with Gasteiger partial charge in [-0.15, -0.1) is 0 Å². The number of hydrogen-bond acceptors (Lipinski definition) is 6. The molecular formula is C24H32O6. The quantitative estimate of drug-likeness (QED) is 0.718. The Morgan fingerprint density at radius 3 is 2.70 bits per heavy atom. The van der Waals surface area contributed by atoms with Crippen LogP contribution in [0, 0.1) is 28.6 Å². The van der Waals surface area contributed by atoms with Gasteiger partial charge in [-0.25, -0.2) is 0 Å². The first kappa shape index (κ1) is 20.6. The Bertz CT molecular complexity index is 873. The molecule has 1 saturated heterocycles. The number of hydrogen-bond donors (Lipinski definition) is 2. The molecule has 0 radical (unpaired) electrons. The van der Waals surface area contributed by atoms with Crippen molar-refractivity contribution in [2.45, 2.75) is 77.0 Å². The van der Waals surface area contributed by atoms with E-state index >= 15 is 0 Å². The molecule has 0 unspecified atom stereocenters. The van der Waals surface area contributed by atoms with E-state index in [1.54, 1.807) is 26.0 Å². The second kappa shape index (κ2) is 6.12. The van der Waals surface area contributed by atoms with Gasteiger partial charge in [0.25, 0.3) is 0 Å². The van der Waals surface area contributed by atoms with Crippen LogP contribution in [0.3, 0.4) is 0 Å². The summed E-state index contributed by atoms with van der Waals surface area (Å²) in [7, 11) is 0. The van der Waals surface area contributed by atoms with Crippen molar-refractivity contribution in [1.29, 1.82) is 0 Å². The minimum absolute atomic E-state index is 0.0167. The first-order valence-electron chi connectivity index (χ1n) is 11.1. The standard InChI is InChI=1S/C24H32O6/c1-21(2)29-19-10-16-15-6-5-13-9-14(26)7-8-22(13,3)20(15)17(27)11-23(16,4)24(19,30-21)18(28)12-25/h7-9,15-17,19-20,25,27H,5-6,10-12H2,1-4H3/t15-,16-,17+,19+,20+,22+,23+,24+/m1/s1. The van der Waals surface area contributed by atoms with Gasteiger partial charge in [0.2, 0.25) is 0 Å². The van der Waals surface area contributed by atoms with E-state index in [4.69, 9.17) is 9.47 Å². The SMILES string of the molecule is CC1(C)O[C@H]2C[C@@H]3[C@H]4CCC5=CC(=O)C=C[C@]5(C)[C@@H]4[C@@H](O)C[C@]3(C)[C@@]2(C(=O)CO)O1. The normalized spacial score (nSPS) is 50.9. The van der Waals surface area contributed by atoms with Crippen molar-refractivity contribution >= 4 is 11.6 Å². The van der Waals surface area contributed by atoms with Gasteiger partial charge >= 0.3 is 0 Å². The molecule has 4 fully saturated rings. The Hall–Kier alpha value is -1.34. The maximum absolute atomic E-state index is 13.2. The molecule has 1 aliphatic heterocycles. The van der Waals surface area contributed by atoms with Crippen LogP contribution < -0.4 is 0 Å². The highest BCUT2D eigenvalue weighted by molar-refractivity contribution is 6.01. The second-order valence-electron chi connectivity index (χ2n) is 10.9. The van der Waals surface area contributed by atoms with Gasteiger partial charge in [0.1, 0.15) is 6.61 Å². The number of ketones is 2. The highest BCUT2D eigenvalue weighted by Crippen LogP contribution is 2.70. The summed E-state index contributed by atoms with van der Waals surface area (Å²) in [6.07, 6.45) is 7.04. The lowest BCUT2D eigenvalue weighted by Crippen LogP contribution is -2.63. The van der Waals surface area contributed by atoms with Gasteiger partial charge in [-0.05, 0) is 63.5 Å². The molecule has 1 heterocycles. The van der Waals surface area contributed by atoms with Crippen LogP contribution in [0.5, 0.6) is 0 Å². The predicted molar refractivity (Wildman–Crippen MR) is 108 cm³/mol. The highest BCUT2D eigenvalue weighted by atomic mass is 16.8. The summed E-state index contributed by atoms with van der Waals surface area (Å²) in [6, 6.07) is 0. The number of ether oxygens (including phenoxy) is 2. The van der Waals surface area contributed by atoms with Gasteiger partial charge in [-0.1, -0.05) is 25.5 Å². The summed E-state index contributed by atoms with van der Waals surface area (Å²) >= 11 is 0. The van der Waals surface area contributed by atoms with Crippen LogP contribution >= 0.6 is 0 Å². The maximum Gasteiger partial charge on any atom is 0.193 e. The zero-order chi connectivity index (χ0) is 21.7. The van der Waals surface area contributed by atoms with Crippen molar-refractivity contribution in [3.8, 4) is 0 Å². The van der Waals surface area contributed by atoms with E-state index in [1.807, 2.05) is 13.0 Å². The van der Waals surface area contributed by atoms with Crippen molar-refractivity contribution in [2.24, 2.45) is 28.6 Å². The minimum atomic E-state index is -1.24. The molecule has 0 amide bonds. The molecule has 0 aromatic heterocycles. The average molecular weight is 417 g/mol. The van der Waals surface area contributed by atoms with Crippen molar-refractivity contribution < 1.29 is 29.3 Å². The molecule has 5 aliphatic rings. The third kappa shape index (κ3) is 2.34. The van der Waals surface area contributed by atoms with Crippen LogP contribution in [0.25, 0.3) is 0 Å². The number of carbonyl (C=O) groups is 2. The molecule has 5 rings (SSSR count). The summed E-state index contributed by atoms with van der Waals surface area (Å²) in [5.74, 6) is -0.947. The zero-order valence-electron chi connectivity index (χ0n) is 18.2. The summed E-state index contributed by atoms with van der Waals surface area (Å²) in [5, 5.41) is 21.3. The summed E-state index contributed by atoms with van der Waals surface area (Å²) in [5.41, 5.74) is -1.12. The Labute approximate surface area is 177 Å². The molecule has 0 aromatic carbocycles. The van der Waals surface area contributed by atoms with Crippen molar-refractivity contribution in [1.82, 2.24) is 0 Å². The van der Waals surface area contributed by atoms with E-state index < -0.39 is 35.6 Å². The Kier molecular flexibility index (Phi) is 4.20. The van der Waals surface area contributed by atoms with Gasteiger partial charge in [-0.2, -0.15) is 0 Å². The summed E-state index contributed by atoms with van der Waals surface area (Å²) < 4.78 is 12.6. The van der Waals surface area contributed by atoms with Crippen LogP contribution in [0.1, 0.15) is 53.4 Å². The van der Waals surface area contributed by atoms with E-state index in [2.05, 4.69) is 6.92 Å². The molecule has 6 nitrogen and oxygen atoms in total. The van der Waals surface area contributed by atoms with Crippen molar-refractivity contribution in [2.75, 3.05) is 6.61 Å². The van der Waals surface area contributed by atoms with Crippen LogP contribution in [0.4, 0.5) is 0 Å². The molecule has 30 heavy (non-hydrogen) atoms. The molecule has 164 valence electrons. The molecule has 2 N–H and O–H groups in total. The van der Waals surface area contributed by atoms with E-state index in [0.717, 1.165) is 18.4 Å². The molecular weight excluding hydrogens is 384 g/mol. The summed E-state index contributed by atoms with van der Waals surface area (Å²) in [4.78, 5) is 25.1. The third-order valence-electron chi connectivity index (χ3n) is 9.05. The smallest absolute Gasteiger partial charge is 0.193 e. The third-order valence-corrected chi connectivity index (χ3v) is 9.05. The Balaban J connectivity index is 1.59.